The molecule has 1 aliphatic heterocycles. The summed E-state index contributed by atoms with van der Waals surface area (Å²) in [7, 11) is 0. The summed E-state index contributed by atoms with van der Waals surface area (Å²) in [6, 6.07) is 5.92. The van der Waals surface area contributed by atoms with Gasteiger partial charge in [0.15, 0.2) is 0 Å². The van der Waals surface area contributed by atoms with Gasteiger partial charge in [-0.05, 0) is 43.5 Å². The summed E-state index contributed by atoms with van der Waals surface area (Å²) in [5.74, 6) is 0.590. The molecule has 1 aromatic carbocycles. The molecule has 0 N–H and O–H groups in total. The minimum atomic E-state index is -0.272. The minimum Gasteiger partial charge on any atom is -0.494 e. The second-order valence-electron chi connectivity index (χ2n) is 4.49. The van der Waals surface area contributed by atoms with Gasteiger partial charge in [0.25, 0.3) is 0 Å². The number of benzene rings is 1. The zero-order valence-corrected chi connectivity index (χ0v) is 10.4. The molecule has 0 saturated carbocycles. The fourth-order valence-electron chi connectivity index (χ4n) is 2.07. The molecule has 1 heterocycles. The molecule has 0 spiro atoms. The van der Waals surface area contributed by atoms with Gasteiger partial charge in [0.05, 0.1) is 6.61 Å². The van der Waals surface area contributed by atoms with Crippen LogP contribution in [0.3, 0.4) is 0 Å². The molecule has 4 heteroatoms. The topological polar surface area (TPSA) is 29.5 Å². The number of nitrogens with zero attached hydrogens (tertiary/aromatic N) is 1. The molecule has 98 valence electrons. The quantitative estimate of drug-likeness (QED) is 0.753. The number of rotatable bonds is 5. The first-order valence-electron chi connectivity index (χ1n) is 6.42. The molecule has 2 rings (SSSR count). The van der Waals surface area contributed by atoms with Gasteiger partial charge in [0.2, 0.25) is 5.91 Å². The fourth-order valence-corrected chi connectivity index (χ4v) is 2.07. The van der Waals surface area contributed by atoms with Crippen molar-refractivity contribution in [3.8, 4) is 5.75 Å². The summed E-state index contributed by atoms with van der Waals surface area (Å²) in [4.78, 5) is 13.6. The Morgan fingerprint density at radius 3 is 2.56 bits per heavy atom. The number of hydrogen-bond acceptors (Lipinski definition) is 2. The van der Waals surface area contributed by atoms with Crippen LogP contribution in [-0.4, -0.2) is 30.5 Å². The zero-order valence-electron chi connectivity index (χ0n) is 10.4. The van der Waals surface area contributed by atoms with Crippen molar-refractivity contribution in [1.29, 1.82) is 0 Å². The zero-order chi connectivity index (χ0) is 12.8. The van der Waals surface area contributed by atoms with E-state index in [1.165, 1.54) is 12.1 Å². The number of hydrogen-bond donors (Lipinski definition) is 0. The molecule has 1 saturated heterocycles. The molecular weight excluding hydrogens is 233 g/mol. The van der Waals surface area contributed by atoms with Gasteiger partial charge in [-0.1, -0.05) is 0 Å². The molecule has 0 aromatic heterocycles. The lowest BCUT2D eigenvalue weighted by Gasteiger charge is -2.14. The van der Waals surface area contributed by atoms with Crippen LogP contribution >= 0.6 is 0 Å². The minimum absolute atomic E-state index is 0.218. The molecule has 1 amide bonds. The van der Waals surface area contributed by atoms with Crippen molar-refractivity contribution >= 4 is 5.91 Å². The Hall–Kier alpha value is -1.58. The third kappa shape index (κ3) is 3.72. The van der Waals surface area contributed by atoms with Crippen LogP contribution in [0.2, 0.25) is 0 Å². The van der Waals surface area contributed by atoms with Crippen molar-refractivity contribution in [1.82, 2.24) is 4.90 Å². The number of amides is 1. The van der Waals surface area contributed by atoms with Crippen molar-refractivity contribution in [2.45, 2.75) is 25.7 Å². The van der Waals surface area contributed by atoms with Crippen molar-refractivity contribution < 1.29 is 13.9 Å². The predicted molar refractivity (Wildman–Crippen MR) is 66.9 cm³/mol. The molecule has 1 aliphatic rings. The molecule has 0 aliphatic carbocycles. The van der Waals surface area contributed by atoms with Crippen molar-refractivity contribution in [3.05, 3.63) is 30.1 Å². The molecule has 0 bridgehead atoms. The highest BCUT2D eigenvalue weighted by molar-refractivity contribution is 5.76. The number of carbonyl (C=O) groups excluding carboxylic acids is 1. The monoisotopic (exact) mass is 251 g/mol. The van der Waals surface area contributed by atoms with Crippen LogP contribution in [0.1, 0.15) is 25.7 Å². The first-order chi connectivity index (χ1) is 8.75. The van der Waals surface area contributed by atoms with Crippen LogP contribution in [0.5, 0.6) is 5.75 Å². The Labute approximate surface area is 107 Å². The summed E-state index contributed by atoms with van der Waals surface area (Å²) >= 11 is 0. The van der Waals surface area contributed by atoms with E-state index < -0.39 is 0 Å². The maximum Gasteiger partial charge on any atom is 0.222 e. The first kappa shape index (κ1) is 12.9. The lowest BCUT2D eigenvalue weighted by molar-refractivity contribution is -0.130. The molecule has 0 radical (unpaired) electrons. The standard InChI is InChI=1S/C14H18FNO2/c15-12-5-7-13(8-6-12)18-11-3-4-14(17)16-9-1-2-10-16/h5-8H,1-4,9-11H2. The van der Waals surface area contributed by atoms with Crippen molar-refractivity contribution in [3.63, 3.8) is 0 Å². The van der Waals surface area contributed by atoms with Gasteiger partial charge in [0, 0.05) is 19.5 Å². The van der Waals surface area contributed by atoms with E-state index in [4.69, 9.17) is 4.74 Å². The van der Waals surface area contributed by atoms with Crippen LogP contribution in [-0.2, 0) is 4.79 Å². The fraction of sp³-hybridized carbons (Fsp3) is 0.500. The van der Waals surface area contributed by atoms with E-state index in [1.807, 2.05) is 4.90 Å². The van der Waals surface area contributed by atoms with E-state index >= 15 is 0 Å². The number of carbonyl (C=O) groups is 1. The Morgan fingerprint density at radius 2 is 1.89 bits per heavy atom. The summed E-state index contributed by atoms with van der Waals surface area (Å²) in [5, 5.41) is 0. The van der Waals surface area contributed by atoms with E-state index in [2.05, 4.69) is 0 Å². The average molecular weight is 251 g/mol. The van der Waals surface area contributed by atoms with Crippen LogP contribution in [0.15, 0.2) is 24.3 Å². The van der Waals surface area contributed by atoms with Gasteiger partial charge in [-0.3, -0.25) is 4.79 Å². The summed E-state index contributed by atoms with van der Waals surface area (Å²) in [5.41, 5.74) is 0. The van der Waals surface area contributed by atoms with Gasteiger partial charge >= 0.3 is 0 Å². The van der Waals surface area contributed by atoms with Gasteiger partial charge in [-0.25, -0.2) is 4.39 Å². The highest BCUT2D eigenvalue weighted by atomic mass is 19.1. The Balaban J connectivity index is 1.63. The normalized spacial score (nSPS) is 14.8. The third-order valence-electron chi connectivity index (χ3n) is 3.08. The second kappa shape index (κ2) is 6.38. The highest BCUT2D eigenvalue weighted by Gasteiger charge is 2.16. The smallest absolute Gasteiger partial charge is 0.222 e. The summed E-state index contributed by atoms with van der Waals surface area (Å²) < 4.78 is 18.1. The third-order valence-corrected chi connectivity index (χ3v) is 3.08. The van der Waals surface area contributed by atoms with Gasteiger partial charge in [-0.15, -0.1) is 0 Å². The molecule has 0 unspecified atom stereocenters. The van der Waals surface area contributed by atoms with Crippen molar-refractivity contribution in [2.24, 2.45) is 0 Å². The molecular formula is C14H18FNO2. The molecule has 18 heavy (non-hydrogen) atoms. The van der Waals surface area contributed by atoms with Crippen LogP contribution in [0, 0.1) is 5.82 Å². The lowest BCUT2D eigenvalue weighted by atomic mass is 10.3. The number of halogens is 1. The number of likely N-dealkylation sites (tertiary alicyclic amines) is 1. The maximum atomic E-state index is 12.6. The molecule has 3 nitrogen and oxygen atoms in total. The second-order valence-corrected chi connectivity index (χ2v) is 4.49. The molecule has 0 atom stereocenters. The van der Waals surface area contributed by atoms with Crippen molar-refractivity contribution in [2.75, 3.05) is 19.7 Å². The summed E-state index contributed by atoms with van der Waals surface area (Å²) in [6.45, 7) is 2.29. The van der Waals surface area contributed by atoms with Gasteiger partial charge in [-0.2, -0.15) is 0 Å². The Kier molecular flexibility index (Phi) is 4.56. The average Bonchev–Trinajstić information content (AvgIpc) is 2.90. The van der Waals surface area contributed by atoms with E-state index in [9.17, 15) is 9.18 Å². The van der Waals surface area contributed by atoms with Gasteiger partial charge in [0.1, 0.15) is 11.6 Å². The van der Waals surface area contributed by atoms with Gasteiger partial charge < -0.3 is 9.64 Å². The van der Waals surface area contributed by atoms with E-state index in [0.717, 1.165) is 25.9 Å². The maximum absolute atomic E-state index is 12.6. The highest BCUT2D eigenvalue weighted by Crippen LogP contribution is 2.13. The molecule has 1 aromatic rings. The Morgan fingerprint density at radius 1 is 1.22 bits per heavy atom. The van der Waals surface area contributed by atoms with Crippen LogP contribution in [0.4, 0.5) is 4.39 Å². The molecule has 1 fully saturated rings. The SMILES string of the molecule is O=C(CCCOc1ccc(F)cc1)N1CCCC1. The van der Waals surface area contributed by atoms with E-state index in [-0.39, 0.29) is 11.7 Å². The predicted octanol–water partition coefficient (Wildman–Crippen LogP) is 2.61. The van der Waals surface area contributed by atoms with E-state index in [1.54, 1.807) is 12.1 Å². The first-order valence-corrected chi connectivity index (χ1v) is 6.42. The summed E-state index contributed by atoms with van der Waals surface area (Å²) in [6.07, 6.45) is 3.48. The van der Waals surface area contributed by atoms with E-state index in [0.29, 0.717) is 25.2 Å². The lowest BCUT2D eigenvalue weighted by Crippen LogP contribution is -2.27. The van der Waals surface area contributed by atoms with Crippen LogP contribution < -0.4 is 4.74 Å². The van der Waals surface area contributed by atoms with Crippen LogP contribution in [0.25, 0.3) is 0 Å². The number of ether oxygens (including phenoxy) is 1. The largest absolute Gasteiger partial charge is 0.494 e. The Bertz CT molecular complexity index is 385.